The number of fused-ring (bicyclic) bond motifs is 1. The fourth-order valence-corrected chi connectivity index (χ4v) is 2.10. The van der Waals surface area contributed by atoms with E-state index >= 15 is 0 Å². The Morgan fingerprint density at radius 3 is 2.81 bits per heavy atom. The highest BCUT2D eigenvalue weighted by Gasteiger charge is 2.21. The Kier molecular flexibility index (Phi) is 4.16. The summed E-state index contributed by atoms with van der Waals surface area (Å²) in [7, 11) is 1.49. The van der Waals surface area contributed by atoms with Crippen LogP contribution >= 0.6 is 0 Å². The number of hydrogen-bond donors (Lipinski definition) is 1. The van der Waals surface area contributed by atoms with Gasteiger partial charge in [-0.3, -0.25) is 14.6 Å². The lowest BCUT2D eigenvalue weighted by molar-refractivity contribution is -0.141. The SMILES string of the molecule is CC(CN(C)C(=O)c1cc(F)cc2cccnc12)C(=O)O. The Balaban J connectivity index is 2.37. The van der Waals surface area contributed by atoms with E-state index in [2.05, 4.69) is 4.98 Å². The van der Waals surface area contributed by atoms with Crippen LogP contribution in [0, 0.1) is 11.7 Å². The molecule has 1 aromatic heterocycles. The highest BCUT2D eigenvalue weighted by Crippen LogP contribution is 2.20. The predicted molar refractivity (Wildman–Crippen MR) is 75.5 cm³/mol. The minimum atomic E-state index is -0.989. The summed E-state index contributed by atoms with van der Waals surface area (Å²) in [6.07, 6.45) is 1.52. The molecule has 2 rings (SSSR count). The molecule has 1 N–H and O–H groups in total. The van der Waals surface area contributed by atoms with E-state index in [0.717, 1.165) is 6.07 Å². The summed E-state index contributed by atoms with van der Waals surface area (Å²) in [5.41, 5.74) is 0.532. The smallest absolute Gasteiger partial charge is 0.308 e. The van der Waals surface area contributed by atoms with Gasteiger partial charge in [-0.1, -0.05) is 13.0 Å². The van der Waals surface area contributed by atoms with Crippen molar-refractivity contribution in [1.29, 1.82) is 0 Å². The van der Waals surface area contributed by atoms with Gasteiger partial charge in [-0.15, -0.1) is 0 Å². The quantitative estimate of drug-likeness (QED) is 0.936. The van der Waals surface area contributed by atoms with Gasteiger partial charge in [-0.25, -0.2) is 4.39 Å². The first-order chi connectivity index (χ1) is 9.90. The lowest BCUT2D eigenvalue weighted by Gasteiger charge is -2.20. The van der Waals surface area contributed by atoms with Gasteiger partial charge in [0.05, 0.1) is 17.0 Å². The summed E-state index contributed by atoms with van der Waals surface area (Å²) in [6.45, 7) is 1.55. The lowest BCUT2D eigenvalue weighted by Crippen LogP contribution is -2.33. The largest absolute Gasteiger partial charge is 0.481 e. The first-order valence-electron chi connectivity index (χ1n) is 6.42. The van der Waals surface area contributed by atoms with Gasteiger partial charge in [0.2, 0.25) is 0 Å². The van der Waals surface area contributed by atoms with Crippen molar-refractivity contribution in [1.82, 2.24) is 9.88 Å². The van der Waals surface area contributed by atoms with Gasteiger partial charge in [-0.05, 0) is 18.2 Å². The third kappa shape index (κ3) is 3.16. The zero-order chi connectivity index (χ0) is 15.6. The molecule has 0 aliphatic rings. The average molecular weight is 290 g/mol. The van der Waals surface area contributed by atoms with Crippen molar-refractivity contribution in [3.63, 3.8) is 0 Å². The van der Waals surface area contributed by atoms with E-state index in [1.165, 1.54) is 31.1 Å². The van der Waals surface area contributed by atoms with Gasteiger partial charge in [0.15, 0.2) is 0 Å². The van der Waals surface area contributed by atoms with Crippen molar-refractivity contribution in [2.45, 2.75) is 6.92 Å². The fourth-order valence-electron chi connectivity index (χ4n) is 2.10. The summed E-state index contributed by atoms with van der Waals surface area (Å²) in [6, 6.07) is 5.76. The van der Waals surface area contributed by atoms with Gasteiger partial charge in [0.25, 0.3) is 5.91 Å². The second-order valence-corrected chi connectivity index (χ2v) is 4.95. The highest BCUT2D eigenvalue weighted by molar-refractivity contribution is 6.05. The maximum absolute atomic E-state index is 13.6. The van der Waals surface area contributed by atoms with Crippen molar-refractivity contribution in [2.24, 2.45) is 5.92 Å². The monoisotopic (exact) mass is 290 g/mol. The molecule has 1 aromatic carbocycles. The standard InChI is InChI=1S/C15H15FN2O3/c1-9(15(20)21)8-18(2)14(19)12-7-11(16)6-10-4-3-5-17-13(10)12/h3-7,9H,8H2,1-2H3,(H,20,21). The summed E-state index contributed by atoms with van der Waals surface area (Å²) in [5.74, 6) is -2.67. The number of amides is 1. The average Bonchev–Trinajstić information content (AvgIpc) is 2.45. The zero-order valence-electron chi connectivity index (χ0n) is 11.7. The van der Waals surface area contributed by atoms with Gasteiger partial charge < -0.3 is 10.0 Å². The van der Waals surface area contributed by atoms with Crippen molar-refractivity contribution in [3.05, 3.63) is 41.8 Å². The van der Waals surface area contributed by atoms with Crippen LogP contribution in [0.15, 0.2) is 30.5 Å². The van der Waals surface area contributed by atoms with Gasteiger partial charge in [0.1, 0.15) is 5.82 Å². The van der Waals surface area contributed by atoms with E-state index in [1.54, 1.807) is 12.1 Å². The number of pyridine rings is 1. The number of carbonyl (C=O) groups excluding carboxylic acids is 1. The van der Waals surface area contributed by atoms with Crippen molar-refractivity contribution in [3.8, 4) is 0 Å². The molecule has 1 unspecified atom stereocenters. The van der Waals surface area contributed by atoms with Crippen LogP contribution in [-0.4, -0.2) is 40.5 Å². The first kappa shape index (κ1) is 14.9. The minimum absolute atomic E-state index is 0.0407. The van der Waals surface area contributed by atoms with Crippen molar-refractivity contribution in [2.75, 3.05) is 13.6 Å². The Morgan fingerprint density at radius 2 is 2.14 bits per heavy atom. The zero-order valence-corrected chi connectivity index (χ0v) is 11.7. The molecule has 0 saturated carbocycles. The van der Waals surface area contributed by atoms with Crippen LogP contribution in [0.1, 0.15) is 17.3 Å². The molecule has 1 atom stereocenters. The Bertz CT molecular complexity index is 702. The van der Waals surface area contributed by atoms with E-state index in [4.69, 9.17) is 5.11 Å². The topological polar surface area (TPSA) is 70.5 Å². The Hall–Kier alpha value is -2.50. The molecule has 21 heavy (non-hydrogen) atoms. The predicted octanol–water partition coefficient (Wildman–Crippen LogP) is 2.17. The maximum Gasteiger partial charge on any atom is 0.308 e. The fraction of sp³-hybridized carbons (Fsp3) is 0.267. The summed E-state index contributed by atoms with van der Waals surface area (Å²) < 4.78 is 13.6. The van der Waals surface area contributed by atoms with Crippen LogP contribution in [0.4, 0.5) is 4.39 Å². The molecule has 5 nitrogen and oxygen atoms in total. The van der Waals surface area contributed by atoms with Crippen LogP contribution in [0.25, 0.3) is 10.9 Å². The number of carbonyl (C=O) groups is 2. The third-order valence-electron chi connectivity index (χ3n) is 3.22. The number of aromatic nitrogens is 1. The number of carboxylic acid groups (broad SMARTS) is 1. The molecule has 0 aliphatic heterocycles. The van der Waals surface area contributed by atoms with E-state index < -0.39 is 23.6 Å². The van der Waals surface area contributed by atoms with Crippen molar-refractivity contribution >= 4 is 22.8 Å². The first-order valence-corrected chi connectivity index (χ1v) is 6.42. The number of carboxylic acids is 1. The van der Waals surface area contributed by atoms with E-state index in [0.29, 0.717) is 10.9 Å². The molecule has 0 spiro atoms. The number of rotatable bonds is 4. The Labute approximate surface area is 121 Å². The second kappa shape index (κ2) is 5.87. The lowest BCUT2D eigenvalue weighted by atomic mass is 10.1. The molecule has 1 amide bonds. The van der Waals surface area contributed by atoms with Crippen LogP contribution in [0.2, 0.25) is 0 Å². The molecular weight excluding hydrogens is 275 g/mol. The molecule has 0 saturated heterocycles. The molecule has 1 heterocycles. The molecule has 0 radical (unpaired) electrons. The number of aliphatic carboxylic acids is 1. The third-order valence-corrected chi connectivity index (χ3v) is 3.22. The summed E-state index contributed by atoms with van der Waals surface area (Å²) in [5, 5.41) is 9.42. The van der Waals surface area contributed by atoms with Crippen LogP contribution in [0.3, 0.4) is 0 Å². The molecule has 110 valence electrons. The number of hydrogen-bond acceptors (Lipinski definition) is 3. The second-order valence-electron chi connectivity index (χ2n) is 4.95. The normalized spacial score (nSPS) is 12.1. The van der Waals surface area contributed by atoms with Gasteiger partial charge >= 0.3 is 5.97 Å². The number of halogens is 1. The van der Waals surface area contributed by atoms with E-state index in [9.17, 15) is 14.0 Å². The minimum Gasteiger partial charge on any atom is -0.481 e. The van der Waals surface area contributed by atoms with Crippen LogP contribution in [-0.2, 0) is 4.79 Å². The summed E-state index contributed by atoms with van der Waals surface area (Å²) in [4.78, 5) is 28.6. The summed E-state index contributed by atoms with van der Waals surface area (Å²) >= 11 is 0. The maximum atomic E-state index is 13.6. The number of benzene rings is 1. The Morgan fingerprint density at radius 1 is 1.43 bits per heavy atom. The molecule has 0 fully saturated rings. The molecule has 0 bridgehead atoms. The molecule has 0 aliphatic carbocycles. The van der Waals surface area contributed by atoms with Gasteiger partial charge in [-0.2, -0.15) is 0 Å². The van der Waals surface area contributed by atoms with Crippen LogP contribution < -0.4 is 0 Å². The molecular formula is C15H15FN2O3. The van der Waals surface area contributed by atoms with E-state index in [-0.39, 0.29) is 12.1 Å². The van der Waals surface area contributed by atoms with Crippen LogP contribution in [0.5, 0.6) is 0 Å². The molecule has 6 heteroatoms. The van der Waals surface area contributed by atoms with Crippen molar-refractivity contribution < 1.29 is 19.1 Å². The highest BCUT2D eigenvalue weighted by atomic mass is 19.1. The number of nitrogens with zero attached hydrogens (tertiary/aromatic N) is 2. The molecule has 2 aromatic rings. The van der Waals surface area contributed by atoms with Gasteiger partial charge in [0, 0.05) is 25.2 Å². The van der Waals surface area contributed by atoms with E-state index in [1.807, 2.05) is 0 Å².